The van der Waals surface area contributed by atoms with E-state index in [9.17, 15) is 14.4 Å². The lowest BCUT2D eigenvalue weighted by atomic mass is 10.0. The van der Waals surface area contributed by atoms with Gasteiger partial charge in [0.25, 0.3) is 0 Å². The van der Waals surface area contributed by atoms with Crippen molar-refractivity contribution in [3.8, 4) is 6.07 Å². The summed E-state index contributed by atoms with van der Waals surface area (Å²) in [7, 11) is 0. The quantitative estimate of drug-likeness (QED) is 0.688. The first-order valence-corrected chi connectivity index (χ1v) is 5.58. The normalized spacial score (nSPS) is 21.7. The summed E-state index contributed by atoms with van der Waals surface area (Å²) < 4.78 is 0. The van der Waals surface area contributed by atoms with Crippen LogP contribution in [0.25, 0.3) is 0 Å². The average molecular weight is 237 g/mol. The zero-order valence-electron chi connectivity index (χ0n) is 9.90. The van der Waals surface area contributed by atoms with Crippen molar-refractivity contribution in [3.63, 3.8) is 0 Å². The maximum absolute atomic E-state index is 12.0. The van der Waals surface area contributed by atoms with E-state index in [1.807, 2.05) is 6.07 Å². The molecule has 2 unspecified atom stereocenters. The summed E-state index contributed by atoms with van der Waals surface area (Å²) in [6, 6.07) is 1.24. The summed E-state index contributed by atoms with van der Waals surface area (Å²) in [5.41, 5.74) is 0. The highest BCUT2D eigenvalue weighted by Crippen LogP contribution is 2.15. The summed E-state index contributed by atoms with van der Waals surface area (Å²) in [6.07, 6.45) is 0.796. The molecule has 1 N–H and O–H groups in total. The number of imide groups is 1. The number of nitrogens with zero attached hydrogens (tertiary/aromatic N) is 2. The van der Waals surface area contributed by atoms with Crippen molar-refractivity contribution in [3.05, 3.63) is 0 Å². The molecule has 1 fully saturated rings. The van der Waals surface area contributed by atoms with Gasteiger partial charge in [-0.25, -0.2) is 0 Å². The molecule has 3 amide bonds. The fourth-order valence-electron chi connectivity index (χ4n) is 1.83. The van der Waals surface area contributed by atoms with Gasteiger partial charge in [-0.3, -0.25) is 19.7 Å². The molecule has 2 atom stereocenters. The highest BCUT2D eigenvalue weighted by molar-refractivity contribution is 6.04. The van der Waals surface area contributed by atoms with E-state index in [-0.39, 0.29) is 6.54 Å². The van der Waals surface area contributed by atoms with Crippen LogP contribution in [0.1, 0.15) is 26.7 Å². The highest BCUT2D eigenvalue weighted by atomic mass is 16.2. The van der Waals surface area contributed by atoms with Crippen LogP contribution in [0.5, 0.6) is 0 Å². The molecule has 1 heterocycles. The van der Waals surface area contributed by atoms with Crippen molar-refractivity contribution >= 4 is 17.7 Å². The Morgan fingerprint density at radius 1 is 1.59 bits per heavy atom. The number of hydrogen-bond donors (Lipinski definition) is 1. The van der Waals surface area contributed by atoms with Gasteiger partial charge in [0.2, 0.25) is 17.7 Å². The van der Waals surface area contributed by atoms with E-state index in [2.05, 4.69) is 5.32 Å². The number of hydrogen-bond acceptors (Lipinski definition) is 4. The minimum absolute atomic E-state index is 0.152. The van der Waals surface area contributed by atoms with Crippen LogP contribution in [0.3, 0.4) is 0 Å². The van der Waals surface area contributed by atoms with E-state index in [0.29, 0.717) is 12.8 Å². The van der Waals surface area contributed by atoms with Crippen LogP contribution in [0.15, 0.2) is 0 Å². The second-order valence-corrected chi connectivity index (χ2v) is 3.89. The lowest BCUT2D eigenvalue weighted by Gasteiger charge is -2.34. The van der Waals surface area contributed by atoms with Crippen LogP contribution in [0.2, 0.25) is 0 Å². The number of amides is 3. The van der Waals surface area contributed by atoms with Crippen LogP contribution in [0, 0.1) is 17.2 Å². The van der Waals surface area contributed by atoms with Crippen LogP contribution < -0.4 is 5.32 Å². The van der Waals surface area contributed by atoms with Gasteiger partial charge in [0.15, 0.2) is 0 Å². The Hall–Kier alpha value is -1.90. The molecule has 1 saturated heterocycles. The van der Waals surface area contributed by atoms with Crippen molar-refractivity contribution in [2.45, 2.75) is 32.7 Å². The Morgan fingerprint density at radius 3 is 2.71 bits per heavy atom. The number of carbonyl (C=O) groups is 3. The summed E-state index contributed by atoms with van der Waals surface area (Å²) in [6.45, 7) is 3.33. The first-order valence-electron chi connectivity index (χ1n) is 5.58. The molecule has 1 aliphatic rings. The molecule has 17 heavy (non-hydrogen) atoms. The van der Waals surface area contributed by atoms with Crippen molar-refractivity contribution in [2.75, 3.05) is 6.54 Å². The zero-order chi connectivity index (χ0) is 13.0. The molecule has 92 valence electrons. The molecule has 6 heteroatoms. The standard InChI is InChI=1S/C11H15N3O3/c1-3-7(5-12)11(17)14-6-9(15)13-10(16)8(14)4-2/h7-8H,3-4,6H2,1-2H3,(H,13,15,16). The molecule has 0 radical (unpaired) electrons. The monoisotopic (exact) mass is 237 g/mol. The SMILES string of the molecule is CCC(C#N)C(=O)N1CC(=O)NC(=O)C1CC. The zero-order valence-corrected chi connectivity index (χ0v) is 9.90. The number of nitrogens with one attached hydrogen (secondary N) is 1. The van der Waals surface area contributed by atoms with E-state index in [0.717, 1.165) is 0 Å². The topological polar surface area (TPSA) is 90.3 Å². The predicted octanol–water partition coefficient (Wildman–Crippen LogP) is -0.200. The van der Waals surface area contributed by atoms with Crippen LogP contribution >= 0.6 is 0 Å². The third kappa shape index (κ3) is 2.61. The Morgan fingerprint density at radius 2 is 2.24 bits per heavy atom. The van der Waals surface area contributed by atoms with Gasteiger partial charge in [-0.15, -0.1) is 0 Å². The number of nitriles is 1. The van der Waals surface area contributed by atoms with E-state index in [1.165, 1.54) is 4.90 Å². The van der Waals surface area contributed by atoms with Gasteiger partial charge in [-0.1, -0.05) is 13.8 Å². The number of piperazine rings is 1. The van der Waals surface area contributed by atoms with E-state index >= 15 is 0 Å². The number of carbonyl (C=O) groups excluding carboxylic acids is 3. The lowest BCUT2D eigenvalue weighted by molar-refractivity contribution is -0.151. The summed E-state index contributed by atoms with van der Waals surface area (Å²) in [5.74, 6) is -2.20. The van der Waals surface area contributed by atoms with Crippen LogP contribution in [-0.4, -0.2) is 35.2 Å². The average Bonchev–Trinajstić information content (AvgIpc) is 2.29. The van der Waals surface area contributed by atoms with Gasteiger partial charge >= 0.3 is 0 Å². The molecule has 0 aromatic heterocycles. The summed E-state index contributed by atoms with van der Waals surface area (Å²) >= 11 is 0. The van der Waals surface area contributed by atoms with E-state index in [4.69, 9.17) is 5.26 Å². The molecule has 0 spiro atoms. The van der Waals surface area contributed by atoms with Gasteiger partial charge in [0.1, 0.15) is 18.5 Å². The third-order valence-electron chi connectivity index (χ3n) is 2.79. The van der Waals surface area contributed by atoms with Gasteiger partial charge < -0.3 is 4.90 Å². The largest absolute Gasteiger partial charge is 0.320 e. The fraction of sp³-hybridized carbons (Fsp3) is 0.636. The lowest BCUT2D eigenvalue weighted by Crippen LogP contribution is -2.60. The molecule has 0 aliphatic carbocycles. The number of rotatable bonds is 3. The molecule has 6 nitrogen and oxygen atoms in total. The predicted molar refractivity (Wildman–Crippen MR) is 58.3 cm³/mol. The Bertz CT molecular complexity index is 386. The minimum atomic E-state index is -0.789. The molecule has 1 aliphatic heterocycles. The van der Waals surface area contributed by atoms with Crippen molar-refractivity contribution < 1.29 is 14.4 Å². The summed E-state index contributed by atoms with van der Waals surface area (Å²) in [5, 5.41) is 11.0. The fourth-order valence-corrected chi connectivity index (χ4v) is 1.83. The smallest absolute Gasteiger partial charge is 0.249 e. The second kappa shape index (κ2) is 5.43. The molecular weight excluding hydrogens is 222 g/mol. The van der Waals surface area contributed by atoms with Crippen LogP contribution in [0.4, 0.5) is 0 Å². The maximum Gasteiger partial charge on any atom is 0.249 e. The maximum atomic E-state index is 12.0. The van der Waals surface area contributed by atoms with Gasteiger partial charge in [0, 0.05) is 0 Å². The Labute approximate surface area is 99.6 Å². The summed E-state index contributed by atoms with van der Waals surface area (Å²) in [4.78, 5) is 36.0. The molecule has 0 aromatic rings. The van der Waals surface area contributed by atoms with Gasteiger partial charge in [-0.2, -0.15) is 5.26 Å². The van der Waals surface area contributed by atoms with Crippen molar-refractivity contribution in [1.82, 2.24) is 10.2 Å². The first kappa shape index (κ1) is 13.2. The molecule has 0 aromatic carbocycles. The van der Waals surface area contributed by atoms with Crippen LogP contribution in [-0.2, 0) is 14.4 Å². The molecule has 0 bridgehead atoms. The highest BCUT2D eigenvalue weighted by Gasteiger charge is 2.37. The molecule has 0 saturated carbocycles. The Kier molecular flexibility index (Phi) is 4.21. The third-order valence-corrected chi connectivity index (χ3v) is 2.79. The van der Waals surface area contributed by atoms with Crippen molar-refractivity contribution in [1.29, 1.82) is 5.26 Å². The second-order valence-electron chi connectivity index (χ2n) is 3.89. The van der Waals surface area contributed by atoms with Gasteiger partial charge in [0.05, 0.1) is 6.07 Å². The molecular formula is C11H15N3O3. The minimum Gasteiger partial charge on any atom is -0.320 e. The first-order chi connectivity index (χ1) is 8.04. The molecule has 1 rings (SSSR count). The van der Waals surface area contributed by atoms with E-state index in [1.54, 1.807) is 13.8 Å². The van der Waals surface area contributed by atoms with Gasteiger partial charge in [-0.05, 0) is 12.8 Å². The van der Waals surface area contributed by atoms with Crippen molar-refractivity contribution in [2.24, 2.45) is 5.92 Å². The Balaban J connectivity index is 2.92. The van der Waals surface area contributed by atoms with E-state index < -0.39 is 29.7 Å².